The van der Waals surface area contributed by atoms with Gasteiger partial charge in [-0.3, -0.25) is 5.10 Å². The van der Waals surface area contributed by atoms with Crippen LogP contribution in [0.5, 0.6) is 0 Å². The molecule has 2 aromatic heterocycles. The van der Waals surface area contributed by atoms with Gasteiger partial charge in [-0.05, 0) is 51.8 Å². The van der Waals surface area contributed by atoms with Crippen LogP contribution in [0.1, 0.15) is 37.3 Å². The van der Waals surface area contributed by atoms with Gasteiger partial charge in [-0.1, -0.05) is 0 Å². The quantitative estimate of drug-likeness (QED) is 0.725. The maximum absolute atomic E-state index is 4.55. The van der Waals surface area contributed by atoms with Crippen LogP contribution in [0.25, 0.3) is 0 Å². The SMILES string of the molecule is CN(C)CC1CC(Nc2nccc(Nc3cc(C4CC4)[nH]n3)n2)C1. The Morgan fingerprint density at radius 1 is 1.25 bits per heavy atom. The van der Waals surface area contributed by atoms with Crippen molar-refractivity contribution in [2.75, 3.05) is 31.3 Å². The van der Waals surface area contributed by atoms with Gasteiger partial charge in [-0.15, -0.1) is 0 Å². The zero-order valence-electron chi connectivity index (χ0n) is 14.3. The molecule has 24 heavy (non-hydrogen) atoms. The number of hydrogen-bond donors (Lipinski definition) is 3. The Balaban J connectivity index is 1.32. The number of rotatable bonds is 7. The van der Waals surface area contributed by atoms with Crippen molar-refractivity contribution in [1.82, 2.24) is 25.1 Å². The lowest BCUT2D eigenvalue weighted by atomic mass is 9.80. The monoisotopic (exact) mass is 327 g/mol. The summed E-state index contributed by atoms with van der Waals surface area (Å²) < 4.78 is 0. The lowest BCUT2D eigenvalue weighted by Gasteiger charge is -2.37. The van der Waals surface area contributed by atoms with E-state index in [0.717, 1.165) is 24.1 Å². The number of nitrogens with one attached hydrogen (secondary N) is 3. The van der Waals surface area contributed by atoms with Gasteiger partial charge in [-0.2, -0.15) is 10.1 Å². The van der Waals surface area contributed by atoms with Gasteiger partial charge in [0.15, 0.2) is 5.82 Å². The van der Waals surface area contributed by atoms with Crippen LogP contribution >= 0.6 is 0 Å². The molecular formula is C17H25N7. The van der Waals surface area contributed by atoms with Gasteiger partial charge >= 0.3 is 0 Å². The minimum absolute atomic E-state index is 0.483. The molecule has 2 aliphatic carbocycles. The summed E-state index contributed by atoms with van der Waals surface area (Å²) in [5, 5.41) is 14.1. The summed E-state index contributed by atoms with van der Waals surface area (Å²) >= 11 is 0. The lowest BCUT2D eigenvalue weighted by molar-refractivity contribution is 0.212. The Hall–Kier alpha value is -2.15. The molecule has 7 nitrogen and oxygen atoms in total. The molecule has 2 aliphatic rings. The van der Waals surface area contributed by atoms with E-state index < -0.39 is 0 Å². The average Bonchev–Trinajstić information content (AvgIpc) is 3.26. The summed E-state index contributed by atoms with van der Waals surface area (Å²) in [5.41, 5.74) is 1.21. The largest absolute Gasteiger partial charge is 0.351 e. The van der Waals surface area contributed by atoms with Crippen molar-refractivity contribution in [3.63, 3.8) is 0 Å². The molecule has 2 saturated carbocycles. The second-order valence-electron chi connectivity index (χ2n) is 7.31. The molecule has 2 heterocycles. The Labute approximate surface area is 142 Å². The van der Waals surface area contributed by atoms with Crippen molar-refractivity contribution < 1.29 is 0 Å². The predicted octanol–water partition coefficient (Wildman–Crippen LogP) is 2.57. The van der Waals surface area contributed by atoms with Crippen molar-refractivity contribution in [1.29, 1.82) is 0 Å². The van der Waals surface area contributed by atoms with Crippen molar-refractivity contribution in [3.8, 4) is 0 Å². The van der Waals surface area contributed by atoms with Crippen molar-refractivity contribution in [3.05, 3.63) is 24.0 Å². The molecule has 0 spiro atoms. The van der Waals surface area contributed by atoms with Crippen LogP contribution in [-0.4, -0.2) is 51.7 Å². The van der Waals surface area contributed by atoms with E-state index in [1.54, 1.807) is 6.20 Å². The number of aromatic nitrogens is 4. The molecule has 128 valence electrons. The first-order chi connectivity index (χ1) is 11.7. The zero-order chi connectivity index (χ0) is 16.5. The number of anilines is 3. The lowest BCUT2D eigenvalue weighted by Crippen LogP contribution is -2.40. The van der Waals surface area contributed by atoms with Gasteiger partial charge < -0.3 is 15.5 Å². The summed E-state index contributed by atoms with van der Waals surface area (Å²) in [6, 6.07) is 4.42. The maximum Gasteiger partial charge on any atom is 0.224 e. The Kier molecular flexibility index (Phi) is 4.10. The minimum Gasteiger partial charge on any atom is -0.351 e. The second kappa shape index (κ2) is 6.39. The molecule has 4 rings (SSSR count). The number of nitrogens with zero attached hydrogens (tertiary/aromatic N) is 4. The van der Waals surface area contributed by atoms with Crippen molar-refractivity contribution in [2.45, 2.75) is 37.6 Å². The van der Waals surface area contributed by atoms with Crippen LogP contribution in [0.3, 0.4) is 0 Å². The molecule has 0 bridgehead atoms. The van der Waals surface area contributed by atoms with Gasteiger partial charge in [0, 0.05) is 36.5 Å². The zero-order valence-corrected chi connectivity index (χ0v) is 14.3. The van der Waals surface area contributed by atoms with E-state index in [1.165, 1.54) is 31.4 Å². The van der Waals surface area contributed by atoms with E-state index in [9.17, 15) is 0 Å². The molecule has 2 fully saturated rings. The summed E-state index contributed by atoms with van der Waals surface area (Å²) in [7, 11) is 4.26. The molecule has 0 aromatic carbocycles. The van der Waals surface area contributed by atoms with E-state index in [2.05, 4.69) is 55.9 Å². The fourth-order valence-electron chi connectivity index (χ4n) is 3.33. The highest BCUT2D eigenvalue weighted by Gasteiger charge is 2.29. The van der Waals surface area contributed by atoms with Crippen LogP contribution < -0.4 is 10.6 Å². The summed E-state index contributed by atoms with van der Waals surface area (Å²) in [6.07, 6.45) is 6.67. The van der Waals surface area contributed by atoms with Crippen LogP contribution in [0.2, 0.25) is 0 Å². The predicted molar refractivity (Wildman–Crippen MR) is 94.6 cm³/mol. The third kappa shape index (κ3) is 3.67. The number of hydrogen-bond acceptors (Lipinski definition) is 6. The van der Waals surface area contributed by atoms with E-state index in [4.69, 9.17) is 0 Å². The van der Waals surface area contributed by atoms with Gasteiger partial charge in [0.25, 0.3) is 0 Å². The summed E-state index contributed by atoms with van der Waals surface area (Å²) in [6.45, 7) is 1.16. The highest BCUT2D eigenvalue weighted by molar-refractivity contribution is 5.53. The van der Waals surface area contributed by atoms with Crippen LogP contribution in [0, 0.1) is 5.92 Å². The van der Waals surface area contributed by atoms with E-state index >= 15 is 0 Å². The van der Waals surface area contributed by atoms with Crippen molar-refractivity contribution >= 4 is 17.6 Å². The fourth-order valence-corrected chi connectivity index (χ4v) is 3.33. The average molecular weight is 327 g/mol. The molecule has 0 aliphatic heterocycles. The minimum atomic E-state index is 0.483. The van der Waals surface area contributed by atoms with Crippen LogP contribution in [0.4, 0.5) is 17.6 Å². The van der Waals surface area contributed by atoms with E-state index in [0.29, 0.717) is 17.9 Å². The molecule has 3 N–H and O–H groups in total. The van der Waals surface area contributed by atoms with Crippen LogP contribution in [0.15, 0.2) is 18.3 Å². The van der Waals surface area contributed by atoms with Crippen molar-refractivity contribution in [2.24, 2.45) is 5.92 Å². The molecule has 0 amide bonds. The molecule has 0 unspecified atom stereocenters. The van der Waals surface area contributed by atoms with Gasteiger partial charge in [0.2, 0.25) is 5.95 Å². The molecule has 7 heteroatoms. The van der Waals surface area contributed by atoms with Gasteiger partial charge in [-0.25, -0.2) is 4.98 Å². The Morgan fingerprint density at radius 3 is 2.83 bits per heavy atom. The Bertz CT molecular complexity index is 686. The van der Waals surface area contributed by atoms with Gasteiger partial charge in [0.05, 0.1) is 0 Å². The first kappa shape index (κ1) is 15.4. The highest BCUT2D eigenvalue weighted by Crippen LogP contribution is 2.39. The normalized spacial score (nSPS) is 23.1. The van der Waals surface area contributed by atoms with E-state index in [-0.39, 0.29) is 0 Å². The fraction of sp³-hybridized carbons (Fsp3) is 0.588. The van der Waals surface area contributed by atoms with Gasteiger partial charge in [0.1, 0.15) is 5.82 Å². The third-order valence-electron chi connectivity index (χ3n) is 4.72. The maximum atomic E-state index is 4.55. The summed E-state index contributed by atoms with van der Waals surface area (Å²) in [4.78, 5) is 11.1. The smallest absolute Gasteiger partial charge is 0.224 e. The standard InChI is InChI=1S/C17H25N7/c1-24(2)10-11-7-13(8-11)19-17-18-6-5-15(21-17)20-16-9-14(22-23-16)12-3-4-12/h5-6,9,11-13H,3-4,7-8,10H2,1-2H3,(H3,18,19,20,21,22,23). The van der Waals surface area contributed by atoms with Crippen LogP contribution in [-0.2, 0) is 0 Å². The molecular weight excluding hydrogens is 302 g/mol. The summed E-state index contributed by atoms with van der Waals surface area (Å²) in [5.74, 6) is 3.72. The Morgan fingerprint density at radius 2 is 2.08 bits per heavy atom. The number of H-pyrrole nitrogens is 1. The third-order valence-corrected chi connectivity index (χ3v) is 4.72. The molecule has 0 radical (unpaired) electrons. The molecule has 0 saturated heterocycles. The topological polar surface area (TPSA) is 81.8 Å². The second-order valence-corrected chi connectivity index (χ2v) is 7.31. The molecule has 0 atom stereocenters. The first-order valence-electron chi connectivity index (χ1n) is 8.72. The first-order valence-corrected chi connectivity index (χ1v) is 8.72. The molecule has 2 aromatic rings. The number of aromatic amines is 1. The highest BCUT2D eigenvalue weighted by atomic mass is 15.2. The van der Waals surface area contributed by atoms with E-state index in [1.807, 2.05) is 6.07 Å².